The predicted molar refractivity (Wildman–Crippen MR) is 65.5 cm³/mol. The molecule has 1 aromatic rings. The topological polar surface area (TPSA) is 42.1 Å². The van der Waals surface area contributed by atoms with Crippen molar-refractivity contribution in [2.75, 3.05) is 18.0 Å². The minimum Gasteiger partial charge on any atom is -0.346 e. The van der Waals surface area contributed by atoms with E-state index in [1.807, 2.05) is 0 Å². The summed E-state index contributed by atoms with van der Waals surface area (Å²) in [7, 11) is 0. The first-order chi connectivity index (χ1) is 7.19. The number of hydrogen-bond acceptors (Lipinski definition) is 4. The highest BCUT2D eigenvalue weighted by atomic mass is 32.1. The molecule has 0 aromatic carbocycles. The zero-order chi connectivity index (χ0) is 10.8. The van der Waals surface area contributed by atoms with Gasteiger partial charge in [-0.15, -0.1) is 11.3 Å². The van der Waals surface area contributed by atoms with E-state index in [1.54, 1.807) is 11.3 Å². The summed E-state index contributed by atoms with van der Waals surface area (Å²) >= 11 is 1.74. The maximum absolute atomic E-state index is 6.03. The SMILES string of the molecule is CCc1csc(N2CC(C)CC(N)C2)n1. The van der Waals surface area contributed by atoms with Gasteiger partial charge in [0, 0.05) is 24.5 Å². The molecule has 0 amide bonds. The molecule has 1 aliphatic heterocycles. The van der Waals surface area contributed by atoms with Crippen LogP contribution in [0.5, 0.6) is 0 Å². The summed E-state index contributed by atoms with van der Waals surface area (Å²) in [6.07, 6.45) is 2.16. The van der Waals surface area contributed by atoms with Crippen LogP contribution in [0.2, 0.25) is 0 Å². The highest BCUT2D eigenvalue weighted by Gasteiger charge is 2.23. The van der Waals surface area contributed by atoms with E-state index in [1.165, 1.54) is 5.69 Å². The smallest absolute Gasteiger partial charge is 0.185 e. The van der Waals surface area contributed by atoms with Gasteiger partial charge in [0.15, 0.2) is 5.13 Å². The summed E-state index contributed by atoms with van der Waals surface area (Å²) in [5.41, 5.74) is 7.22. The first kappa shape index (κ1) is 10.9. The highest BCUT2D eigenvalue weighted by molar-refractivity contribution is 7.13. The predicted octanol–water partition coefficient (Wildman–Crippen LogP) is 1.88. The number of aromatic nitrogens is 1. The van der Waals surface area contributed by atoms with Gasteiger partial charge in [-0.05, 0) is 18.8 Å². The molecule has 0 bridgehead atoms. The van der Waals surface area contributed by atoms with Crippen LogP contribution in [-0.2, 0) is 6.42 Å². The molecule has 2 rings (SSSR count). The van der Waals surface area contributed by atoms with Gasteiger partial charge >= 0.3 is 0 Å². The quantitative estimate of drug-likeness (QED) is 0.835. The van der Waals surface area contributed by atoms with Gasteiger partial charge in [-0.3, -0.25) is 0 Å². The van der Waals surface area contributed by atoms with Crippen molar-refractivity contribution >= 4 is 16.5 Å². The van der Waals surface area contributed by atoms with E-state index >= 15 is 0 Å². The van der Waals surface area contributed by atoms with E-state index in [-0.39, 0.29) is 0 Å². The number of anilines is 1. The molecule has 84 valence electrons. The molecule has 4 heteroatoms. The molecule has 0 saturated carbocycles. The molecule has 2 unspecified atom stereocenters. The zero-order valence-corrected chi connectivity index (χ0v) is 10.3. The van der Waals surface area contributed by atoms with Crippen molar-refractivity contribution in [1.82, 2.24) is 4.98 Å². The van der Waals surface area contributed by atoms with Crippen molar-refractivity contribution in [3.8, 4) is 0 Å². The average molecular weight is 225 g/mol. The van der Waals surface area contributed by atoms with Crippen molar-refractivity contribution in [2.45, 2.75) is 32.7 Å². The Balaban J connectivity index is 2.09. The van der Waals surface area contributed by atoms with Gasteiger partial charge in [-0.1, -0.05) is 13.8 Å². The molecular weight excluding hydrogens is 206 g/mol. The number of hydrogen-bond donors (Lipinski definition) is 1. The minimum atomic E-state index is 0.308. The van der Waals surface area contributed by atoms with Crippen molar-refractivity contribution in [3.63, 3.8) is 0 Å². The Hall–Kier alpha value is -0.610. The molecule has 15 heavy (non-hydrogen) atoms. The van der Waals surface area contributed by atoms with Crippen molar-refractivity contribution in [3.05, 3.63) is 11.1 Å². The Morgan fingerprint density at radius 2 is 2.40 bits per heavy atom. The maximum atomic E-state index is 6.03. The van der Waals surface area contributed by atoms with Crippen LogP contribution < -0.4 is 10.6 Å². The molecular formula is C11H19N3S. The van der Waals surface area contributed by atoms with Crippen LogP contribution in [0, 0.1) is 5.92 Å². The van der Waals surface area contributed by atoms with Crippen LogP contribution in [0.3, 0.4) is 0 Å². The van der Waals surface area contributed by atoms with E-state index in [4.69, 9.17) is 5.73 Å². The molecule has 0 spiro atoms. The first-order valence-corrected chi connectivity index (χ1v) is 6.52. The summed E-state index contributed by atoms with van der Waals surface area (Å²) in [4.78, 5) is 6.95. The molecule has 1 aliphatic rings. The fraction of sp³-hybridized carbons (Fsp3) is 0.727. The Labute approximate surface area is 95.3 Å². The van der Waals surface area contributed by atoms with Crippen LogP contribution in [0.25, 0.3) is 0 Å². The molecule has 1 fully saturated rings. The van der Waals surface area contributed by atoms with Gasteiger partial charge in [-0.25, -0.2) is 4.98 Å². The molecule has 0 radical (unpaired) electrons. The van der Waals surface area contributed by atoms with Crippen LogP contribution in [-0.4, -0.2) is 24.1 Å². The summed E-state index contributed by atoms with van der Waals surface area (Å²) in [6, 6.07) is 0.308. The third kappa shape index (κ3) is 2.49. The highest BCUT2D eigenvalue weighted by Crippen LogP contribution is 2.25. The van der Waals surface area contributed by atoms with Gasteiger partial charge in [-0.2, -0.15) is 0 Å². The summed E-state index contributed by atoms with van der Waals surface area (Å²) < 4.78 is 0. The van der Waals surface area contributed by atoms with Crippen molar-refractivity contribution < 1.29 is 0 Å². The molecule has 1 saturated heterocycles. The summed E-state index contributed by atoms with van der Waals surface area (Å²) in [5.74, 6) is 0.683. The van der Waals surface area contributed by atoms with Crippen LogP contribution in [0.4, 0.5) is 5.13 Å². The number of piperidine rings is 1. The summed E-state index contributed by atoms with van der Waals surface area (Å²) in [5, 5.41) is 3.30. The standard InChI is InChI=1S/C11H19N3S/c1-3-10-7-15-11(13-10)14-5-8(2)4-9(12)6-14/h7-9H,3-6,12H2,1-2H3. The second kappa shape index (κ2) is 4.49. The second-order valence-electron chi connectivity index (χ2n) is 4.48. The third-order valence-corrected chi connectivity index (χ3v) is 3.81. The van der Waals surface area contributed by atoms with E-state index in [0.717, 1.165) is 31.1 Å². The number of rotatable bonds is 2. The summed E-state index contributed by atoms with van der Waals surface area (Å²) in [6.45, 7) is 6.47. The number of nitrogens with zero attached hydrogens (tertiary/aromatic N) is 2. The van der Waals surface area contributed by atoms with Crippen molar-refractivity contribution in [1.29, 1.82) is 0 Å². The largest absolute Gasteiger partial charge is 0.346 e. The van der Waals surface area contributed by atoms with Gasteiger partial charge in [0.2, 0.25) is 0 Å². The Morgan fingerprint density at radius 1 is 1.60 bits per heavy atom. The van der Waals surface area contributed by atoms with Gasteiger partial charge in [0.1, 0.15) is 0 Å². The number of nitrogens with two attached hydrogens (primary N) is 1. The fourth-order valence-electron chi connectivity index (χ4n) is 2.16. The third-order valence-electron chi connectivity index (χ3n) is 2.86. The Kier molecular flexibility index (Phi) is 3.26. The van der Waals surface area contributed by atoms with Crippen LogP contribution in [0.15, 0.2) is 5.38 Å². The van der Waals surface area contributed by atoms with Gasteiger partial charge < -0.3 is 10.6 Å². The second-order valence-corrected chi connectivity index (χ2v) is 5.32. The molecule has 0 aliphatic carbocycles. The lowest BCUT2D eigenvalue weighted by atomic mass is 9.97. The monoisotopic (exact) mass is 225 g/mol. The maximum Gasteiger partial charge on any atom is 0.185 e. The lowest BCUT2D eigenvalue weighted by Gasteiger charge is -2.34. The van der Waals surface area contributed by atoms with E-state index < -0.39 is 0 Å². The van der Waals surface area contributed by atoms with E-state index in [0.29, 0.717) is 12.0 Å². The van der Waals surface area contributed by atoms with Gasteiger partial charge in [0.25, 0.3) is 0 Å². The van der Waals surface area contributed by atoms with Crippen molar-refractivity contribution in [2.24, 2.45) is 11.7 Å². The molecule has 3 nitrogen and oxygen atoms in total. The molecule has 1 aromatic heterocycles. The average Bonchev–Trinajstić information content (AvgIpc) is 2.64. The zero-order valence-electron chi connectivity index (χ0n) is 9.44. The van der Waals surface area contributed by atoms with Crippen LogP contribution >= 0.6 is 11.3 Å². The van der Waals surface area contributed by atoms with Crippen LogP contribution in [0.1, 0.15) is 26.0 Å². The van der Waals surface area contributed by atoms with E-state index in [2.05, 4.69) is 29.1 Å². The Morgan fingerprint density at radius 3 is 3.00 bits per heavy atom. The fourth-order valence-corrected chi connectivity index (χ4v) is 3.09. The van der Waals surface area contributed by atoms with Gasteiger partial charge in [0.05, 0.1) is 5.69 Å². The number of thiazole rings is 1. The Bertz CT molecular complexity index is 313. The molecule has 2 heterocycles. The molecule has 2 atom stereocenters. The first-order valence-electron chi connectivity index (χ1n) is 5.64. The molecule has 2 N–H and O–H groups in total. The minimum absolute atomic E-state index is 0.308. The normalized spacial score (nSPS) is 27.0. The lowest BCUT2D eigenvalue weighted by Crippen LogP contribution is -2.46. The number of aryl methyl sites for hydroxylation is 1. The lowest BCUT2D eigenvalue weighted by molar-refractivity contribution is 0.401. The van der Waals surface area contributed by atoms with E-state index in [9.17, 15) is 0 Å².